The number of aryl methyl sites for hydroxylation is 2. The van der Waals surface area contributed by atoms with Crippen molar-refractivity contribution in [3.8, 4) is 0 Å². The molecule has 1 aliphatic carbocycles. The van der Waals surface area contributed by atoms with Gasteiger partial charge in [0.15, 0.2) is 0 Å². The van der Waals surface area contributed by atoms with Gasteiger partial charge in [-0.05, 0) is 73.2 Å². The van der Waals surface area contributed by atoms with Gasteiger partial charge in [0.1, 0.15) is 0 Å². The van der Waals surface area contributed by atoms with E-state index >= 15 is 0 Å². The summed E-state index contributed by atoms with van der Waals surface area (Å²) in [5.74, 6) is 0. The molecule has 1 heterocycles. The molecule has 0 amide bonds. The van der Waals surface area contributed by atoms with Crippen LogP contribution in [0.25, 0.3) is 5.57 Å². The largest absolute Gasteiger partial charge is 0.372 e. The fourth-order valence-electron chi connectivity index (χ4n) is 4.07. The Morgan fingerprint density at radius 2 is 1.37 bits per heavy atom. The molecule has 1 N–H and O–H groups in total. The van der Waals surface area contributed by atoms with Crippen LogP contribution in [0.2, 0.25) is 0 Å². The Bertz CT molecular complexity index is 914. The summed E-state index contributed by atoms with van der Waals surface area (Å²) >= 11 is 0. The Hall–Kier alpha value is -2.87. The lowest BCUT2D eigenvalue weighted by molar-refractivity contribution is 0.949. The molecule has 1 fully saturated rings. The highest BCUT2D eigenvalue weighted by Gasteiger charge is 2.15. The van der Waals surface area contributed by atoms with Crippen LogP contribution in [0.5, 0.6) is 0 Å². The Labute approximate surface area is 162 Å². The minimum Gasteiger partial charge on any atom is -0.372 e. The van der Waals surface area contributed by atoms with Gasteiger partial charge in [0.2, 0.25) is 0 Å². The Morgan fingerprint density at radius 3 is 1.96 bits per heavy atom. The van der Waals surface area contributed by atoms with Crippen LogP contribution in [0.4, 0.5) is 5.69 Å². The van der Waals surface area contributed by atoms with Gasteiger partial charge in [-0.2, -0.15) is 0 Å². The first-order valence-corrected chi connectivity index (χ1v) is 9.73. The maximum Gasteiger partial charge on any atom is 0.0540 e. The van der Waals surface area contributed by atoms with E-state index in [1.807, 2.05) is 12.2 Å². The summed E-state index contributed by atoms with van der Waals surface area (Å²) in [6, 6.07) is 15.7. The van der Waals surface area contributed by atoms with Crippen molar-refractivity contribution in [3.63, 3.8) is 0 Å². The van der Waals surface area contributed by atoms with Gasteiger partial charge in [0.25, 0.3) is 0 Å². The fourth-order valence-corrected chi connectivity index (χ4v) is 4.07. The summed E-state index contributed by atoms with van der Waals surface area (Å²) in [6.07, 6.45) is 10.4. The van der Waals surface area contributed by atoms with E-state index in [-0.39, 0.29) is 0 Å². The van der Waals surface area contributed by atoms with Crippen molar-refractivity contribution in [3.05, 3.63) is 94.6 Å². The third-order valence-electron chi connectivity index (χ3n) is 5.31. The maximum atomic E-state index is 7.82. The predicted molar refractivity (Wildman–Crippen MR) is 116 cm³/mol. The molecule has 1 aliphatic heterocycles. The smallest absolute Gasteiger partial charge is 0.0540 e. The quantitative estimate of drug-likeness (QED) is 0.735. The molecule has 2 heteroatoms. The Morgan fingerprint density at radius 1 is 0.778 bits per heavy atom. The van der Waals surface area contributed by atoms with E-state index < -0.39 is 0 Å². The van der Waals surface area contributed by atoms with Crippen LogP contribution < -0.4 is 4.90 Å². The molecule has 0 spiro atoms. The summed E-state index contributed by atoms with van der Waals surface area (Å²) in [7, 11) is 0. The molecule has 0 aromatic heterocycles. The van der Waals surface area contributed by atoms with Gasteiger partial charge in [0.05, 0.1) is 5.71 Å². The first kappa shape index (κ1) is 17.5. The number of hydrogen-bond acceptors (Lipinski definition) is 2. The molecule has 0 unspecified atom stereocenters. The van der Waals surface area contributed by atoms with E-state index in [4.69, 9.17) is 5.41 Å². The van der Waals surface area contributed by atoms with Crippen LogP contribution in [0.3, 0.4) is 0 Å². The van der Waals surface area contributed by atoms with Gasteiger partial charge in [0, 0.05) is 18.8 Å². The van der Waals surface area contributed by atoms with Gasteiger partial charge in [-0.25, -0.2) is 0 Å². The lowest BCUT2D eigenvalue weighted by atomic mass is 9.89. The molecule has 136 valence electrons. The number of anilines is 1. The van der Waals surface area contributed by atoms with Gasteiger partial charge in [-0.3, -0.25) is 0 Å². The number of rotatable bonds is 3. The van der Waals surface area contributed by atoms with E-state index in [0.717, 1.165) is 18.7 Å². The van der Waals surface area contributed by atoms with Crippen LogP contribution in [0, 0.1) is 19.3 Å². The highest BCUT2D eigenvalue weighted by molar-refractivity contribution is 6.05. The second-order valence-corrected chi connectivity index (χ2v) is 7.57. The zero-order valence-electron chi connectivity index (χ0n) is 16.1. The zero-order chi connectivity index (χ0) is 18.8. The number of nitrogens with one attached hydrogen (secondary N) is 1. The third kappa shape index (κ3) is 3.80. The standard InChI is InChI=1S/C25H26N2/c1-18-15-19(2)17-22(16-18)25(20-5-9-23(26)10-6-20)21-7-11-24(12-8-21)27-13-3-4-14-27/h5-12,15-17,26H,3-4,13-14H2,1-2H3. The van der Waals surface area contributed by atoms with Gasteiger partial charge in [-0.1, -0.05) is 53.6 Å². The summed E-state index contributed by atoms with van der Waals surface area (Å²) in [5, 5.41) is 7.82. The highest BCUT2D eigenvalue weighted by Crippen LogP contribution is 2.32. The van der Waals surface area contributed by atoms with Gasteiger partial charge >= 0.3 is 0 Å². The number of allylic oxidation sites excluding steroid dienone is 5. The minimum atomic E-state index is 0.544. The topological polar surface area (TPSA) is 27.1 Å². The van der Waals surface area contributed by atoms with Crippen molar-refractivity contribution in [1.82, 2.24) is 0 Å². The van der Waals surface area contributed by atoms with Crippen LogP contribution in [-0.2, 0) is 0 Å². The molecule has 2 nitrogen and oxygen atoms in total. The molecule has 0 atom stereocenters. The van der Waals surface area contributed by atoms with Crippen LogP contribution in [-0.4, -0.2) is 18.8 Å². The Kier molecular flexibility index (Phi) is 4.81. The van der Waals surface area contributed by atoms with E-state index in [1.165, 1.54) is 46.4 Å². The predicted octanol–water partition coefficient (Wildman–Crippen LogP) is 5.85. The molecular weight excluding hydrogens is 328 g/mol. The second kappa shape index (κ2) is 7.40. The lowest BCUT2D eigenvalue weighted by Gasteiger charge is -2.19. The van der Waals surface area contributed by atoms with Gasteiger partial charge in [-0.15, -0.1) is 0 Å². The number of nitrogens with zero attached hydrogens (tertiary/aromatic N) is 1. The molecule has 2 aromatic carbocycles. The van der Waals surface area contributed by atoms with Crippen molar-refractivity contribution >= 4 is 17.0 Å². The molecule has 0 saturated carbocycles. The molecule has 2 aliphatic rings. The fraction of sp³-hybridized carbons (Fsp3) is 0.240. The summed E-state index contributed by atoms with van der Waals surface area (Å²) in [5.41, 5.74) is 9.25. The summed E-state index contributed by atoms with van der Waals surface area (Å²) in [6.45, 7) is 6.63. The normalized spacial score (nSPS) is 16.3. The van der Waals surface area contributed by atoms with Crippen molar-refractivity contribution in [1.29, 1.82) is 5.41 Å². The molecular formula is C25H26N2. The van der Waals surface area contributed by atoms with Gasteiger partial charge < -0.3 is 10.3 Å². The molecule has 1 saturated heterocycles. The van der Waals surface area contributed by atoms with E-state index in [1.54, 1.807) is 0 Å². The van der Waals surface area contributed by atoms with Crippen molar-refractivity contribution in [2.24, 2.45) is 0 Å². The van der Waals surface area contributed by atoms with Crippen molar-refractivity contribution in [2.75, 3.05) is 18.0 Å². The summed E-state index contributed by atoms with van der Waals surface area (Å²) < 4.78 is 0. The van der Waals surface area contributed by atoms with Crippen LogP contribution in [0.1, 0.15) is 35.1 Å². The summed E-state index contributed by atoms with van der Waals surface area (Å²) in [4.78, 5) is 2.47. The minimum absolute atomic E-state index is 0.544. The third-order valence-corrected chi connectivity index (χ3v) is 5.31. The second-order valence-electron chi connectivity index (χ2n) is 7.57. The highest BCUT2D eigenvalue weighted by atomic mass is 15.1. The lowest BCUT2D eigenvalue weighted by Crippen LogP contribution is -2.17. The molecule has 2 aromatic rings. The van der Waals surface area contributed by atoms with E-state index in [2.05, 4.69) is 73.4 Å². The molecule has 0 bridgehead atoms. The van der Waals surface area contributed by atoms with Crippen molar-refractivity contribution in [2.45, 2.75) is 26.7 Å². The molecule has 4 rings (SSSR count). The van der Waals surface area contributed by atoms with E-state index in [9.17, 15) is 0 Å². The molecule has 0 radical (unpaired) electrons. The monoisotopic (exact) mass is 354 g/mol. The first-order chi connectivity index (χ1) is 13.1. The molecule has 27 heavy (non-hydrogen) atoms. The van der Waals surface area contributed by atoms with Crippen LogP contribution >= 0.6 is 0 Å². The Balaban J connectivity index is 1.81. The average Bonchev–Trinajstić information content (AvgIpc) is 3.18. The number of benzene rings is 2. The first-order valence-electron chi connectivity index (χ1n) is 9.73. The average molecular weight is 354 g/mol. The number of hydrogen-bond donors (Lipinski definition) is 1. The zero-order valence-corrected chi connectivity index (χ0v) is 16.1. The van der Waals surface area contributed by atoms with Crippen LogP contribution in [0.15, 0.2) is 72.3 Å². The maximum absolute atomic E-state index is 7.82. The van der Waals surface area contributed by atoms with Crippen molar-refractivity contribution < 1.29 is 0 Å². The SMILES string of the molecule is Cc1cc(C)cc(C(=C2C=CC(=N)C=C2)c2ccc(N3CCCC3)cc2)c1. The van der Waals surface area contributed by atoms with E-state index in [0.29, 0.717) is 5.71 Å².